The summed E-state index contributed by atoms with van der Waals surface area (Å²) in [6.07, 6.45) is 0.461. The van der Waals surface area contributed by atoms with E-state index in [-0.39, 0.29) is 25.1 Å². The maximum absolute atomic E-state index is 13.8. The number of nitrogens with two attached hydrogens (primary N) is 2. The second-order valence-electron chi connectivity index (χ2n) is 11.3. The molecule has 0 aliphatic carbocycles. The molecule has 6 N–H and O–H groups in total. The first-order valence-corrected chi connectivity index (χ1v) is 13.3. The molecule has 4 atom stereocenters. The van der Waals surface area contributed by atoms with Gasteiger partial charge in [0.25, 0.3) is 5.91 Å². The van der Waals surface area contributed by atoms with Gasteiger partial charge in [-0.05, 0) is 22.1 Å². The number of hydrogen-bond acceptors (Lipinski definition) is 7. The summed E-state index contributed by atoms with van der Waals surface area (Å²) < 4.78 is 1.24. The third kappa shape index (κ3) is 6.77. The summed E-state index contributed by atoms with van der Waals surface area (Å²) in [5.74, 6) is -2.63. The number of nitrogens with one attached hydrogen (secondary N) is 1. The minimum atomic E-state index is -1.05. The van der Waals surface area contributed by atoms with Gasteiger partial charge in [0.05, 0.1) is 12.3 Å². The first kappa shape index (κ1) is 29.4. The van der Waals surface area contributed by atoms with Crippen molar-refractivity contribution in [2.45, 2.75) is 57.8 Å². The van der Waals surface area contributed by atoms with Crippen molar-refractivity contribution >= 4 is 23.6 Å². The van der Waals surface area contributed by atoms with Crippen molar-refractivity contribution in [3.05, 3.63) is 72.1 Å². The Balaban J connectivity index is 1.51. The molecule has 4 amide bonds. The number of aromatic nitrogens is 3. The molecule has 1 saturated heterocycles. The van der Waals surface area contributed by atoms with E-state index in [1.54, 1.807) is 20.8 Å². The largest absolute Gasteiger partial charge is 0.391 e. The van der Waals surface area contributed by atoms with E-state index < -0.39 is 53.3 Å². The maximum atomic E-state index is 13.8. The van der Waals surface area contributed by atoms with E-state index in [4.69, 9.17) is 11.5 Å². The molecule has 1 aromatic heterocycles. The standard InChI is InChI=1S/C29H35N7O5/c1-29(2,3)24(36-16-22(26(31)39)33-34-36)28(41)35-15-20(37)14-23(35)27(40)32-21(25(30)38)13-17-9-11-19(12-10-17)18-7-5-4-6-8-18/h4-12,16,20-21,23-24,37H,13-15H2,1-3H3,(H2,30,38)(H2,31,39)(H,32,40)/t20-,21?,23+,24?/m1/s1. The third-order valence-corrected chi connectivity index (χ3v) is 7.11. The van der Waals surface area contributed by atoms with Gasteiger partial charge in [-0.15, -0.1) is 5.10 Å². The van der Waals surface area contributed by atoms with E-state index in [0.717, 1.165) is 16.7 Å². The molecule has 1 aliphatic heterocycles. The van der Waals surface area contributed by atoms with Crippen LogP contribution >= 0.6 is 0 Å². The van der Waals surface area contributed by atoms with Crippen LogP contribution in [-0.4, -0.2) is 73.4 Å². The quantitative estimate of drug-likeness (QED) is 0.297. The number of amides is 4. The van der Waals surface area contributed by atoms with E-state index in [1.807, 2.05) is 54.6 Å². The van der Waals surface area contributed by atoms with E-state index in [1.165, 1.54) is 15.8 Å². The number of carbonyl (C=O) groups is 4. The van der Waals surface area contributed by atoms with Crippen LogP contribution in [0.4, 0.5) is 0 Å². The molecule has 12 nitrogen and oxygen atoms in total. The van der Waals surface area contributed by atoms with Crippen molar-refractivity contribution in [2.75, 3.05) is 6.54 Å². The van der Waals surface area contributed by atoms with Gasteiger partial charge in [0.15, 0.2) is 5.69 Å². The van der Waals surface area contributed by atoms with Crippen molar-refractivity contribution < 1.29 is 24.3 Å². The fourth-order valence-electron chi connectivity index (χ4n) is 5.05. The number of aliphatic hydroxyl groups excluding tert-OH is 1. The highest BCUT2D eigenvalue weighted by Crippen LogP contribution is 2.34. The average Bonchev–Trinajstić information content (AvgIpc) is 3.55. The number of primary amides is 2. The Labute approximate surface area is 237 Å². The SMILES string of the molecule is CC(C)(C)C(C(=O)N1C[C@H](O)C[C@H]1C(=O)NC(Cc1ccc(-c2ccccc2)cc1)C(N)=O)n1cc(C(N)=O)nn1. The number of nitrogens with zero attached hydrogens (tertiary/aromatic N) is 4. The minimum absolute atomic E-state index is 0.0183. The molecule has 0 radical (unpaired) electrons. The van der Waals surface area contributed by atoms with Gasteiger partial charge in [0.2, 0.25) is 17.7 Å². The van der Waals surface area contributed by atoms with E-state index in [9.17, 15) is 24.3 Å². The van der Waals surface area contributed by atoms with Crippen LogP contribution in [0.1, 0.15) is 49.3 Å². The Morgan fingerprint density at radius 2 is 1.66 bits per heavy atom. The summed E-state index contributed by atoms with van der Waals surface area (Å²) >= 11 is 0. The van der Waals surface area contributed by atoms with Crippen LogP contribution in [0, 0.1) is 5.41 Å². The van der Waals surface area contributed by atoms with Crippen molar-refractivity contribution in [1.82, 2.24) is 25.2 Å². The summed E-state index contributed by atoms with van der Waals surface area (Å²) in [7, 11) is 0. The monoisotopic (exact) mass is 561 g/mol. The zero-order valence-corrected chi connectivity index (χ0v) is 23.2. The number of rotatable bonds is 9. The predicted molar refractivity (Wildman–Crippen MR) is 150 cm³/mol. The molecule has 0 saturated carbocycles. The number of carbonyl (C=O) groups excluding carboxylic acids is 4. The lowest BCUT2D eigenvalue weighted by atomic mass is 9.85. The third-order valence-electron chi connectivity index (χ3n) is 7.11. The van der Waals surface area contributed by atoms with Crippen LogP contribution in [0.25, 0.3) is 11.1 Å². The average molecular weight is 562 g/mol. The first-order valence-electron chi connectivity index (χ1n) is 13.3. The normalized spacial score (nSPS) is 18.5. The van der Waals surface area contributed by atoms with Gasteiger partial charge in [0, 0.05) is 19.4 Å². The van der Waals surface area contributed by atoms with Gasteiger partial charge in [0.1, 0.15) is 18.1 Å². The number of hydrogen-bond donors (Lipinski definition) is 4. The highest BCUT2D eigenvalue weighted by molar-refractivity contribution is 5.93. The Morgan fingerprint density at radius 1 is 1.02 bits per heavy atom. The molecule has 1 aliphatic rings. The molecule has 12 heteroatoms. The fourth-order valence-corrected chi connectivity index (χ4v) is 5.05. The molecule has 41 heavy (non-hydrogen) atoms. The molecule has 0 bridgehead atoms. The van der Waals surface area contributed by atoms with Crippen LogP contribution in [0.3, 0.4) is 0 Å². The zero-order valence-electron chi connectivity index (χ0n) is 23.2. The van der Waals surface area contributed by atoms with Crippen LogP contribution in [0.5, 0.6) is 0 Å². The van der Waals surface area contributed by atoms with E-state index in [2.05, 4.69) is 15.6 Å². The van der Waals surface area contributed by atoms with E-state index in [0.29, 0.717) is 0 Å². The molecule has 216 valence electrons. The Hall–Kier alpha value is -4.58. The first-order chi connectivity index (χ1) is 19.3. The summed E-state index contributed by atoms with van der Waals surface area (Å²) in [5, 5.41) is 20.8. The molecule has 3 aromatic rings. The number of β-amino-alcohol motifs (C(OH)–C–C–N with tert-alkyl or cyclic N) is 1. The van der Waals surface area contributed by atoms with Gasteiger partial charge in [-0.2, -0.15) is 0 Å². The van der Waals surface area contributed by atoms with Gasteiger partial charge >= 0.3 is 0 Å². The summed E-state index contributed by atoms with van der Waals surface area (Å²) in [6, 6.07) is 14.4. The van der Waals surface area contributed by atoms with Crippen molar-refractivity contribution in [1.29, 1.82) is 0 Å². The molecule has 1 fully saturated rings. The molecule has 0 spiro atoms. The van der Waals surface area contributed by atoms with E-state index >= 15 is 0 Å². The second-order valence-corrected chi connectivity index (χ2v) is 11.3. The molecule has 2 aromatic carbocycles. The lowest BCUT2D eigenvalue weighted by Gasteiger charge is -2.34. The maximum Gasteiger partial charge on any atom is 0.270 e. The van der Waals surface area contributed by atoms with Gasteiger partial charge in [-0.1, -0.05) is 80.6 Å². The topological polar surface area (TPSA) is 187 Å². The molecular formula is C29H35N7O5. The molecule has 4 rings (SSSR count). The molecule has 2 unspecified atom stereocenters. The summed E-state index contributed by atoms with van der Waals surface area (Å²) in [6.45, 7) is 5.31. The highest BCUT2D eigenvalue weighted by atomic mass is 16.3. The number of benzene rings is 2. The Bertz CT molecular complexity index is 1420. The number of aliphatic hydroxyl groups is 1. The lowest BCUT2D eigenvalue weighted by molar-refractivity contribution is -0.144. The highest BCUT2D eigenvalue weighted by Gasteiger charge is 2.45. The van der Waals surface area contributed by atoms with Crippen LogP contribution < -0.4 is 16.8 Å². The molecular weight excluding hydrogens is 526 g/mol. The fraction of sp³-hybridized carbons (Fsp3) is 0.379. The molecule has 2 heterocycles. The summed E-state index contributed by atoms with van der Waals surface area (Å²) in [4.78, 5) is 52.4. The summed E-state index contributed by atoms with van der Waals surface area (Å²) in [5.41, 5.74) is 13.0. The zero-order chi connectivity index (χ0) is 29.9. The van der Waals surface area contributed by atoms with Gasteiger partial charge in [-0.3, -0.25) is 19.2 Å². The second kappa shape index (κ2) is 11.9. The Morgan fingerprint density at radius 3 is 2.22 bits per heavy atom. The van der Waals surface area contributed by atoms with Crippen molar-refractivity contribution in [3.8, 4) is 11.1 Å². The van der Waals surface area contributed by atoms with Crippen LogP contribution in [0.15, 0.2) is 60.8 Å². The van der Waals surface area contributed by atoms with Crippen molar-refractivity contribution in [3.63, 3.8) is 0 Å². The number of likely N-dealkylation sites (tertiary alicyclic amines) is 1. The van der Waals surface area contributed by atoms with Crippen molar-refractivity contribution in [2.24, 2.45) is 16.9 Å². The van der Waals surface area contributed by atoms with Crippen LogP contribution in [-0.2, 0) is 20.8 Å². The van der Waals surface area contributed by atoms with Crippen LogP contribution in [0.2, 0.25) is 0 Å². The Kier molecular flexibility index (Phi) is 8.52. The smallest absolute Gasteiger partial charge is 0.270 e. The van der Waals surface area contributed by atoms with Gasteiger partial charge in [-0.25, -0.2) is 4.68 Å². The predicted octanol–water partition coefficient (Wildman–Crippen LogP) is 0.806. The minimum Gasteiger partial charge on any atom is -0.391 e. The lowest BCUT2D eigenvalue weighted by Crippen LogP contribution is -2.54. The van der Waals surface area contributed by atoms with Gasteiger partial charge < -0.3 is 26.8 Å².